The number of carbonyl (C=O) groups excluding carboxylic acids is 1. The highest BCUT2D eigenvalue weighted by molar-refractivity contribution is 7.80. The Labute approximate surface area is 131 Å². The number of benzene rings is 1. The molecule has 1 amide bonds. The van der Waals surface area contributed by atoms with Crippen molar-refractivity contribution in [3.63, 3.8) is 0 Å². The molecule has 0 atom stereocenters. The van der Waals surface area contributed by atoms with E-state index in [9.17, 15) is 4.79 Å². The van der Waals surface area contributed by atoms with E-state index in [0.717, 1.165) is 29.6 Å². The maximum Gasteiger partial charge on any atom is 0.221 e. The molecular formula is C16H23N3OS. The van der Waals surface area contributed by atoms with E-state index in [2.05, 4.69) is 15.5 Å². The largest absolute Gasteiger partial charge is 0.349 e. The van der Waals surface area contributed by atoms with Crippen LogP contribution in [0.15, 0.2) is 24.3 Å². The summed E-state index contributed by atoms with van der Waals surface area (Å²) in [7, 11) is 0. The van der Waals surface area contributed by atoms with Crippen molar-refractivity contribution in [2.75, 3.05) is 23.7 Å². The average Bonchev–Trinajstić information content (AvgIpc) is 2.40. The first-order valence-electron chi connectivity index (χ1n) is 7.59. The quantitative estimate of drug-likeness (QED) is 0.819. The molecule has 0 aliphatic carbocycles. The van der Waals surface area contributed by atoms with Crippen molar-refractivity contribution in [2.24, 2.45) is 0 Å². The van der Waals surface area contributed by atoms with E-state index in [1.807, 2.05) is 24.3 Å². The molecule has 1 aromatic carbocycles. The molecule has 1 aliphatic heterocycles. The summed E-state index contributed by atoms with van der Waals surface area (Å²) in [6.45, 7) is 3.58. The highest BCUT2D eigenvalue weighted by Gasteiger charge is 2.11. The highest BCUT2D eigenvalue weighted by atomic mass is 32.1. The molecule has 0 saturated carbocycles. The van der Waals surface area contributed by atoms with Crippen molar-refractivity contribution in [3.05, 3.63) is 24.3 Å². The molecule has 0 aromatic heterocycles. The fourth-order valence-electron chi connectivity index (χ4n) is 2.49. The summed E-state index contributed by atoms with van der Waals surface area (Å²) in [5.74, 6) is -0.0631. The van der Waals surface area contributed by atoms with Gasteiger partial charge in [0.25, 0.3) is 0 Å². The number of hydrogen-bond donors (Lipinski definition) is 2. The van der Waals surface area contributed by atoms with Crippen LogP contribution in [-0.2, 0) is 4.79 Å². The molecule has 1 fully saturated rings. The van der Waals surface area contributed by atoms with Crippen molar-refractivity contribution >= 4 is 34.6 Å². The number of anilines is 2. The lowest BCUT2D eigenvalue weighted by molar-refractivity contribution is -0.114. The lowest BCUT2D eigenvalue weighted by Gasteiger charge is -2.27. The van der Waals surface area contributed by atoms with E-state index in [-0.39, 0.29) is 5.91 Å². The summed E-state index contributed by atoms with van der Waals surface area (Å²) in [5, 5.41) is 6.83. The van der Waals surface area contributed by atoms with Gasteiger partial charge in [0, 0.05) is 31.4 Å². The van der Waals surface area contributed by atoms with Crippen LogP contribution in [0.5, 0.6) is 0 Å². The molecule has 5 heteroatoms. The van der Waals surface area contributed by atoms with Crippen LogP contribution in [0.25, 0.3) is 0 Å². The minimum atomic E-state index is -0.0631. The first-order valence-corrected chi connectivity index (χ1v) is 7.99. The molecule has 0 spiro atoms. The van der Waals surface area contributed by atoms with Crippen LogP contribution in [0, 0.1) is 0 Å². The lowest BCUT2D eigenvalue weighted by atomic mass is 10.1. The Hall–Kier alpha value is -1.62. The molecule has 0 radical (unpaired) electrons. The van der Waals surface area contributed by atoms with E-state index in [4.69, 9.17) is 12.2 Å². The van der Waals surface area contributed by atoms with E-state index in [0.29, 0.717) is 0 Å². The summed E-state index contributed by atoms with van der Waals surface area (Å²) in [6.07, 6.45) is 6.36. The number of hydrogen-bond acceptors (Lipinski definition) is 2. The molecule has 21 heavy (non-hydrogen) atoms. The molecule has 0 unspecified atom stereocenters. The van der Waals surface area contributed by atoms with Gasteiger partial charge in [-0.2, -0.15) is 0 Å². The van der Waals surface area contributed by atoms with Gasteiger partial charge in [0.2, 0.25) is 5.91 Å². The zero-order valence-electron chi connectivity index (χ0n) is 12.5. The van der Waals surface area contributed by atoms with Gasteiger partial charge in [-0.3, -0.25) is 4.79 Å². The van der Waals surface area contributed by atoms with Crippen LogP contribution in [0.3, 0.4) is 0 Å². The van der Waals surface area contributed by atoms with Crippen LogP contribution in [0.4, 0.5) is 11.4 Å². The van der Waals surface area contributed by atoms with Gasteiger partial charge in [0.1, 0.15) is 0 Å². The lowest BCUT2D eigenvalue weighted by Crippen LogP contribution is -2.36. The molecule has 114 valence electrons. The Morgan fingerprint density at radius 1 is 0.952 bits per heavy atom. The zero-order valence-corrected chi connectivity index (χ0v) is 13.3. The van der Waals surface area contributed by atoms with Crippen LogP contribution >= 0.6 is 12.2 Å². The molecule has 2 N–H and O–H groups in total. The topological polar surface area (TPSA) is 44.4 Å². The number of thiocarbonyl (C=S) groups is 1. The predicted octanol–water partition coefficient (Wildman–Crippen LogP) is 3.61. The third-order valence-electron chi connectivity index (χ3n) is 3.60. The van der Waals surface area contributed by atoms with Gasteiger partial charge in [0.05, 0.1) is 0 Å². The summed E-state index contributed by atoms with van der Waals surface area (Å²) < 4.78 is 0. The molecule has 1 aliphatic rings. The smallest absolute Gasteiger partial charge is 0.221 e. The van der Waals surface area contributed by atoms with E-state index in [1.165, 1.54) is 39.0 Å². The Kier molecular flexibility index (Phi) is 5.99. The van der Waals surface area contributed by atoms with E-state index >= 15 is 0 Å². The van der Waals surface area contributed by atoms with Gasteiger partial charge in [-0.25, -0.2) is 0 Å². The maximum atomic E-state index is 11.0. The minimum Gasteiger partial charge on any atom is -0.349 e. The Balaban J connectivity index is 1.90. The molecule has 1 aromatic rings. The van der Waals surface area contributed by atoms with Crippen molar-refractivity contribution in [3.8, 4) is 0 Å². The van der Waals surface area contributed by atoms with Gasteiger partial charge in [-0.05, 0) is 49.3 Å². The molecular weight excluding hydrogens is 282 g/mol. The third-order valence-corrected chi connectivity index (χ3v) is 3.96. The monoisotopic (exact) mass is 305 g/mol. The molecule has 1 saturated heterocycles. The van der Waals surface area contributed by atoms with Gasteiger partial charge in [-0.15, -0.1) is 0 Å². The van der Waals surface area contributed by atoms with E-state index in [1.54, 1.807) is 0 Å². The van der Waals surface area contributed by atoms with Gasteiger partial charge in [0.15, 0.2) is 5.11 Å². The molecule has 2 rings (SSSR count). The number of likely N-dealkylation sites (tertiary alicyclic amines) is 1. The van der Waals surface area contributed by atoms with Crippen molar-refractivity contribution in [2.45, 2.75) is 39.0 Å². The number of carbonyl (C=O) groups is 1. The Morgan fingerprint density at radius 2 is 1.43 bits per heavy atom. The van der Waals surface area contributed by atoms with E-state index < -0.39 is 0 Å². The Morgan fingerprint density at radius 3 is 1.95 bits per heavy atom. The van der Waals surface area contributed by atoms with Gasteiger partial charge in [-0.1, -0.05) is 19.3 Å². The SMILES string of the molecule is CC(=O)Nc1ccc(NC(=S)N2CCCCCCC2)cc1. The summed E-state index contributed by atoms with van der Waals surface area (Å²) >= 11 is 5.51. The Bertz CT molecular complexity index is 479. The number of nitrogens with zero attached hydrogens (tertiary/aromatic N) is 1. The van der Waals surface area contributed by atoms with Crippen molar-refractivity contribution in [1.29, 1.82) is 0 Å². The predicted molar refractivity (Wildman–Crippen MR) is 91.6 cm³/mol. The van der Waals surface area contributed by atoms with Crippen LogP contribution in [0.2, 0.25) is 0 Å². The van der Waals surface area contributed by atoms with Crippen LogP contribution in [0.1, 0.15) is 39.0 Å². The number of nitrogens with one attached hydrogen (secondary N) is 2. The molecule has 0 bridgehead atoms. The standard InChI is InChI=1S/C16H23N3OS/c1-13(20)17-14-7-9-15(10-8-14)18-16(21)19-11-5-3-2-4-6-12-19/h7-10H,2-6,11-12H2,1H3,(H,17,20)(H,18,21). The maximum absolute atomic E-state index is 11.0. The highest BCUT2D eigenvalue weighted by Crippen LogP contribution is 2.16. The number of amides is 1. The normalized spacial score (nSPS) is 15.8. The number of rotatable bonds is 2. The second kappa shape index (κ2) is 7.98. The average molecular weight is 305 g/mol. The summed E-state index contributed by atoms with van der Waals surface area (Å²) in [5.41, 5.74) is 1.75. The third kappa shape index (κ3) is 5.34. The zero-order chi connectivity index (χ0) is 15.1. The summed E-state index contributed by atoms with van der Waals surface area (Å²) in [6, 6.07) is 7.61. The molecule has 4 nitrogen and oxygen atoms in total. The second-order valence-corrected chi connectivity index (χ2v) is 5.83. The van der Waals surface area contributed by atoms with Crippen LogP contribution < -0.4 is 10.6 Å². The van der Waals surface area contributed by atoms with Crippen LogP contribution in [-0.4, -0.2) is 29.0 Å². The second-order valence-electron chi connectivity index (χ2n) is 5.44. The first kappa shape index (κ1) is 15.8. The fourth-order valence-corrected chi connectivity index (χ4v) is 2.79. The van der Waals surface area contributed by atoms with Crippen molar-refractivity contribution < 1.29 is 4.79 Å². The fraction of sp³-hybridized carbons (Fsp3) is 0.500. The summed E-state index contributed by atoms with van der Waals surface area (Å²) in [4.78, 5) is 13.2. The van der Waals surface area contributed by atoms with Gasteiger partial charge < -0.3 is 15.5 Å². The van der Waals surface area contributed by atoms with Crippen molar-refractivity contribution in [1.82, 2.24) is 4.90 Å². The molecule has 1 heterocycles. The minimum absolute atomic E-state index is 0.0631. The first-order chi connectivity index (χ1) is 10.1. The van der Waals surface area contributed by atoms with Gasteiger partial charge >= 0.3 is 0 Å².